The number of alkyl halides is 1. The fourth-order valence-electron chi connectivity index (χ4n) is 1.48. The van der Waals surface area contributed by atoms with Gasteiger partial charge in [0.25, 0.3) is 0 Å². The molecule has 2 rings (SSSR count). The molecule has 6 heteroatoms. The van der Waals surface area contributed by atoms with E-state index in [1.165, 1.54) is 12.3 Å². The average Bonchev–Trinajstić information content (AvgIpc) is 2.73. The van der Waals surface area contributed by atoms with E-state index >= 15 is 0 Å². The van der Waals surface area contributed by atoms with Crippen LogP contribution in [-0.2, 0) is 13.3 Å². The lowest BCUT2D eigenvalue weighted by Crippen LogP contribution is -2.04. The molecule has 1 aromatic heterocycles. The summed E-state index contributed by atoms with van der Waals surface area (Å²) in [5.74, 6) is 0.251. The van der Waals surface area contributed by atoms with Gasteiger partial charge in [0, 0.05) is 17.3 Å². The number of aromatic nitrogens is 2. The second kappa shape index (κ2) is 4.73. The second-order valence-electron chi connectivity index (χ2n) is 3.48. The van der Waals surface area contributed by atoms with Crippen molar-refractivity contribution in [3.63, 3.8) is 0 Å². The molecule has 1 heterocycles. The number of nitrogens with two attached hydrogens (primary N) is 1. The zero-order valence-electron chi connectivity index (χ0n) is 9.01. The summed E-state index contributed by atoms with van der Waals surface area (Å²) in [6, 6.07) is 6.52. The minimum absolute atomic E-state index is 0.114. The average molecular weight is 237 g/mol. The normalized spacial score (nSPS) is 10.4. The van der Waals surface area contributed by atoms with E-state index in [-0.39, 0.29) is 12.5 Å². The summed E-state index contributed by atoms with van der Waals surface area (Å²) >= 11 is 0. The van der Waals surface area contributed by atoms with Crippen molar-refractivity contribution in [2.75, 3.05) is 5.73 Å². The first-order valence-corrected chi connectivity index (χ1v) is 5.00. The monoisotopic (exact) mass is 237 g/mol. The van der Waals surface area contributed by atoms with Crippen molar-refractivity contribution in [2.24, 2.45) is 0 Å². The summed E-state index contributed by atoms with van der Waals surface area (Å²) in [5, 5.41) is 12.6. The van der Waals surface area contributed by atoms with Gasteiger partial charge in [0.2, 0.25) is 5.88 Å². The van der Waals surface area contributed by atoms with Crippen molar-refractivity contribution < 1.29 is 14.3 Å². The van der Waals surface area contributed by atoms with E-state index in [1.54, 1.807) is 18.2 Å². The minimum Gasteiger partial charge on any atom is -0.472 e. The van der Waals surface area contributed by atoms with Crippen LogP contribution in [0.1, 0.15) is 11.1 Å². The molecule has 0 aliphatic heterocycles. The topological polar surface area (TPSA) is 73.3 Å². The largest absolute Gasteiger partial charge is 0.472 e. The third-order valence-corrected chi connectivity index (χ3v) is 2.37. The van der Waals surface area contributed by atoms with Gasteiger partial charge in [-0.05, 0) is 11.6 Å². The summed E-state index contributed by atoms with van der Waals surface area (Å²) in [6.45, 7) is -0.485. The molecule has 0 atom stereocenters. The van der Waals surface area contributed by atoms with Crippen LogP contribution in [0.3, 0.4) is 0 Å². The summed E-state index contributed by atoms with van der Waals surface area (Å²) in [4.78, 5) is 0.639. The molecule has 1 aromatic carbocycles. The van der Waals surface area contributed by atoms with Crippen LogP contribution in [-0.4, -0.2) is 15.2 Å². The highest BCUT2D eigenvalue weighted by Gasteiger charge is 2.08. The molecule has 0 radical (unpaired) electrons. The number of halogens is 1. The Morgan fingerprint density at radius 2 is 2.24 bits per heavy atom. The van der Waals surface area contributed by atoms with Gasteiger partial charge in [0.15, 0.2) is 0 Å². The van der Waals surface area contributed by atoms with E-state index in [2.05, 4.69) is 5.10 Å². The van der Waals surface area contributed by atoms with Gasteiger partial charge in [0.1, 0.15) is 13.3 Å². The van der Waals surface area contributed by atoms with Crippen molar-refractivity contribution in [3.8, 4) is 5.88 Å². The lowest BCUT2D eigenvalue weighted by Gasteiger charge is -2.09. The van der Waals surface area contributed by atoms with E-state index in [0.29, 0.717) is 21.7 Å². The van der Waals surface area contributed by atoms with E-state index in [4.69, 9.17) is 15.7 Å². The van der Waals surface area contributed by atoms with Crippen LogP contribution in [0.4, 0.5) is 10.1 Å². The van der Waals surface area contributed by atoms with E-state index in [9.17, 15) is 4.39 Å². The Kier molecular flexibility index (Phi) is 3.13. The molecule has 17 heavy (non-hydrogen) atoms. The van der Waals surface area contributed by atoms with Crippen molar-refractivity contribution in [2.45, 2.75) is 13.3 Å². The van der Waals surface area contributed by atoms with E-state index in [0.717, 1.165) is 0 Å². The highest BCUT2D eigenvalue weighted by atomic mass is 19.1. The maximum Gasteiger partial charge on any atom is 0.236 e. The minimum atomic E-state index is -0.599. The van der Waals surface area contributed by atoms with Crippen molar-refractivity contribution in [1.82, 2.24) is 9.94 Å². The predicted octanol–water partition coefficient (Wildman–Crippen LogP) is 1.75. The summed E-state index contributed by atoms with van der Waals surface area (Å²) in [6.07, 6.45) is 1.33. The first kappa shape index (κ1) is 11.3. The van der Waals surface area contributed by atoms with E-state index in [1.807, 2.05) is 0 Å². The Labute approximate surface area is 97.2 Å². The number of nitrogen functional groups attached to an aromatic ring is 1. The van der Waals surface area contributed by atoms with Crippen LogP contribution in [0.25, 0.3) is 0 Å². The molecule has 3 N–H and O–H groups in total. The second-order valence-corrected chi connectivity index (χ2v) is 3.48. The van der Waals surface area contributed by atoms with Gasteiger partial charge in [-0.2, -0.15) is 0 Å². The molecule has 0 spiro atoms. The summed E-state index contributed by atoms with van der Waals surface area (Å²) in [7, 11) is 0. The summed E-state index contributed by atoms with van der Waals surface area (Å²) < 4.78 is 18.0. The standard InChI is InChI=1S/C11H12FN3O2/c12-6-8-2-1-3-10(13)9(8)7-17-11-4-5-15(16)14-11/h1-5,16H,6-7,13H2. The molecule has 2 aromatic rings. The lowest BCUT2D eigenvalue weighted by atomic mass is 10.1. The Morgan fingerprint density at radius 1 is 1.41 bits per heavy atom. The number of rotatable bonds is 4. The maximum atomic E-state index is 12.7. The fourth-order valence-corrected chi connectivity index (χ4v) is 1.48. The number of nitrogens with zero attached hydrogens (tertiary/aromatic N) is 2. The third-order valence-electron chi connectivity index (χ3n) is 2.37. The van der Waals surface area contributed by atoms with Gasteiger partial charge in [-0.15, -0.1) is 4.85 Å². The predicted molar refractivity (Wildman–Crippen MR) is 59.4 cm³/mol. The Bertz CT molecular complexity index is 513. The van der Waals surface area contributed by atoms with E-state index < -0.39 is 6.67 Å². The van der Waals surface area contributed by atoms with Gasteiger partial charge >= 0.3 is 0 Å². The molecule has 0 saturated carbocycles. The molecule has 0 aliphatic rings. The highest BCUT2D eigenvalue weighted by Crippen LogP contribution is 2.20. The van der Waals surface area contributed by atoms with Crippen molar-refractivity contribution >= 4 is 5.69 Å². The zero-order valence-corrected chi connectivity index (χ0v) is 9.01. The van der Waals surface area contributed by atoms with Crippen molar-refractivity contribution in [1.29, 1.82) is 0 Å². The maximum absolute atomic E-state index is 12.7. The molecule has 0 amide bonds. The molecule has 0 bridgehead atoms. The number of hydrogen-bond donors (Lipinski definition) is 2. The highest BCUT2D eigenvalue weighted by molar-refractivity contribution is 5.50. The third kappa shape index (κ3) is 2.47. The van der Waals surface area contributed by atoms with Crippen LogP contribution in [0.2, 0.25) is 0 Å². The first-order valence-electron chi connectivity index (χ1n) is 5.00. The van der Waals surface area contributed by atoms with Gasteiger partial charge in [-0.3, -0.25) is 0 Å². The van der Waals surface area contributed by atoms with Crippen LogP contribution >= 0.6 is 0 Å². The van der Waals surface area contributed by atoms with Gasteiger partial charge in [0.05, 0.1) is 6.20 Å². The number of anilines is 1. The molecule has 0 aliphatic carbocycles. The van der Waals surface area contributed by atoms with Crippen LogP contribution in [0, 0.1) is 0 Å². The lowest BCUT2D eigenvalue weighted by molar-refractivity contribution is 0.141. The zero-order chi connectivity index (χ0) is 12.3. The quantitative estimate of drug-likeness (QED) is 0.627. The Hall–Kier alpha value is -2.24. The van der Waals surface area contributed by atoms with Crippen LogP contribution < -0.4 is 10.5 Å². The smallest absolute Gasteiger partial charge is 0.236 e. The summed E-state index contributed by atoms with van der Waals surface area (Å²) in [5.41, 5.74) is 7.31. The number of hydrogen-bond acceptors (Lipinski definition) is 4. The number of ether oxygens (including phenoxy) is 1. The molecule has 0 saturated heterocycles. The molecule has 5 nitrogen and oxygen atoms in total. The Balaban J connectivity index is 2.13. The molecular weight excluding hydrogens is 225 g/mol. The van der Waals surface area contributed by atoms with Crippen LogP contribution in [0.15, 0.2) is 30.5 Å². The molecule has 90 valence electrons. The number of benzene rings is 1. The SMILES string of the molecule is Nc1cccc(CF)c1COc1ccn(O)n1. The molecule has 0 unspecified atom stereocenters. The first-order chi connectivity index (χ1) is 8.20. The molecule has 0 fully saturated rings. The Morgan fingerprint density at radius 3 is 2.88 bits per heavy atom. The van der Waals surface area contributed by atoms with Gasteiger partial charge < -0.3 is 15.7 Å². The van der Waals surface area contributed by atoms with Gasteiger partial charge in [-0.1, -0.05) is 17.2 Å². The van der Waals surface area contributed by atoms with Gasteiger partial charge in [-0.25, -0.2) is 4.39 Å². The van der Waals surface area contributed by atoms with Crippen LogP contribution in [0.5, 0.6) is 5.88 Å². The van der Waals surface area contributed by atoms with Crippen molar-refractivity contribution in [3.05, 3.63) is 41.6 Å². The fraction of sp³-hybridized carbons (Fsp3) is 0.182. The molecular formula is C11H12FN3O2.